The molecule has 4 rings (SSSR count). The Morgan fingerprint density at radius 3 is 2.28 bits per heavy atom. The molecule has 0 bridgehead atoms. The number of fused-ring (bicyclic) bond motifs is 1. The Hall–Kier alpha value is -3.07. The standard InChI is InChI=1S/C26H27NO2/c1-29-26(28)27-19-18-22-12-5-6-13-24(22)25(27)23-16-14-21(15-17-23)11-7-10-20-8-3-2-4-9-20/h2-6,8-9,12-17,25H,7,10-11,18-19H2,1H3. The van der Waals surface area contributed by atoms with E-state index < -0.39 is 0 Å². The Balaban J connectivity index is 1.51. The first-order valence-electron chi connectivity index (χ1n) is 10.3. The summed E-state index contributed by atoms with van der Waals surface area (Å²) in [6.07, 6.45) is 3.87. The van der Waals surface area contributed by atoms with Gasteiger partial charge in [-0.2, -0.15) is 0 Å². The fourth-order valence-electron chi connectivity index (χ4n) is 4.25. The highest BCUT2D eigenvalue weighted by Crippen LogP contribution is 2.35. The molecule has 0 aromatic heterocycles. The lowest BCUT2D eigenvalue weighted by atomic mass is 9.88. The van der Waals surface area contributed by atoms with E-state index >= 15 is 0 Å². The zero-order valence-electron chi connectivity index (χ0n) is 16.9. The maximum atomic E-state index is 12.4. The van der Waals surface area contributed by atoms with E-state index in [-0.39, 0.29) is 12.1 Å². The normalized spacial score (nSPS) is 15.6. The molecule has 1 heterocycles. The highest BCUT2D eigenvalue weighted by Gasteiger charge is 2.32. The Kier molecular flexibility index (Phi) is 5.95. The van der Waals surface area contributed by atoms with Crippen molar-refractivity contribution in [1.82, 2.24) is 4.90 Å². The van der Waals surface area contributed by atoms with Crippen molar-refractivity contribution >= 4 is 6.09 Å². The van der Waals surface area contributed by atoms with Gasteiger partial charge >= 0.3 is 6.09 Å². The quantitative estimate of drug-likeness (QED) is 0.574. The largest absolute Gasteiger partial charge is 0.453 e. The first-order valence-corrected chi connectivity index (χ1v) is 10.3. The van der Waals surface area contributed by atoms with Gasteiger partial charge in [-0.25, -0.2) is 4.79 Å². The molecule has 29 heavy (non-hydrogen) atoms. The van der Waals surface area contributed by atoms with Gasteiger partial charge in [-0.15, -0.1) is 0 Å². The molecule has 0 saturated carbocycles. The van der Waals surface area contributed by atoms with Gasteiger partial charge in [0.05, 0.1) is 13.2 Å². The topological polar surface area (TPSA) is 29.5 Å². The van der Waals surface area contributed by atoms with Gasteiger partial charge in [-0.1, -0.05) is 78.9 Å². The highest BCUT2D eigenvalue weighted by atomic mass is 16.5. The molecule has 1 amide bonds. The monoisotopic (exact) mass is 385 g/mol. The molecular weight excluding hydrogens is 358 g/mol. The van der Waals surface area contributed by atoms with Crippen LogP contribution >= 0.6 is 0 Å². The summed E-state index contributed by atoms with van der Waals surface area (Å²) in [4.78, 5) is 14.2. The van der Waals surface area contributed by atoms with Gasteiger partial charge in [0.1, 0.15) is 0 Å². The molecule has 0 aliphatic carbocycles. The maximum Gasteiger partial charge on any atom is 0.410 e. The SMILES string of the molecule is COC(=O)N1CCc2ccccc2C1c1ccc(CCCc2ccccc2)cc1. The number of hydrogen-bond acceptors (Lipinski definition) is 2. The first-order chi connectivity index (χ1) is 14.3. The van der Waals surface area contributed by atoms with Crippen molar-refractivity contribution in [2.45, 2.75) is 31.7 Å². The second-order valence-electron chi connectivity index (χ2n) is 7.60. The van der Waals surface area contributed by atoms with Gasteiger partial charge < -0.3 is 4.74 Å². The fraction of sp³-hybridized carbons (Fsp3) is 0.269. The minimum Gasteiger partial charge on any atom is -0.453 e. The van der Waals surface area contributed by atoms with Crippen LogP contribution in [0.4, 0.5) is 4.79 Å². The summed E-state index contributed by atoms with van der Waals surface area (Å²) in [5.41, 5.74) is 6.36. The Bertz CT molecular complexity index is 950. The molecule has 3 aromatic rings. The van der Waals surface area contributed by atoms with Crippen LogP contribution in [0.3, 0.4) is 0 Å². The average Bonchev–Trinajstić information content (AvgIpc) is 2.79. The number of methoxy groups -OCH3 is 1. The number of carbonyl (C=O) groups is 1. The van der Waals surface area contributed by atoms with Crippen LogP contribution in [0.25, 0.3) is 0 Å². The smallest absolute Gasteiger partial charge is 0.410 e. The predicted molar refractivity (Wildman–Crippen MR) is 116 cm³/mol. The zero-order chi connectivity index (χ0) is 20.1. The fourth-order valence-corrected chi connectivity index (χ4v) is 4.25. The van der Waals surface area contributed by atoms with Crippen LogP contribution in [0.15, 0.2) is 78.9 Å². The number of amides is 1. The summed E-state index contributed by atoms with van der Waals surface area (Å²) >= 11 is 0. The minimum atomic E-state index is -0.267. The molecule has 3 nitrogen and oxygen atoms in total. The Labute approximate surface area is 172 Å². The van der Waals surface area contributed by atoms with Gasteiger partial charge in [-0.3, -0.25) is 4.90 Å². The third-order valence-electron chi connectivity index (χ3n) is 5.76. The second kappa shape index (κ2) is 8.95. The van der Waals surface area contributed by atoms with Crippen molar-refractivity contribution in [2.24, 2.45) is 0 Å². The number of hydrogen-bond donors (Lipinski definition) is 0. The van der Waals surface area contributed by atoms with E-state index in [1.165, 1.54) is 29.4 Å². The molecule has 1 aliphatic heterocycles. The first kappa shape index (κ1) is 19.3. The summed E-state index contributed by atoms with van der Waals surface area (Å²) in [6, 6.07) is 27.7. The summed E-state index contributed by atoms with van der Waals surface area (Å²) in [5.74, 6) is 0. The Morgan fingerprint density at radius 2 is 1.55 bits per heavy atom. The lowest BCUT2D eigenvalue weighted by Crippen LogP contribution is -2.40. The number of benzene rings is 3. The molecule has 3 heteroatoms. The third kappa shape index (κ3) is 4.34. The number of carbonyl (C=O) groups excluding carboxylic acids is 1. The minimum absolute atomic E-state index is 0.0919. The van der Waals surface area contributed by atoms with Crippen LogP contribution in [-0.2, 0) is 24.0 Å². The lowest BCUT2D eigenvalue weighted by molar-refractivity contribution is 0.109. The van der Waals surface area contributed by atoms with Gasteiger partial charge in [0.15, 0.2) is 0 Å². The van der Waals surface area contributed by atoms with E-state index in [9.17, 15) is 4.79 Å². The molecule has 3 aromatic carbocycles. The number of ether oxygens (including phenoxy) is 1. The van der Waals surface area contributed by atoms with Crippen LogP contribution in [0.1, 0.15) is 40.3 Å². The van der Waals surface area contributed by atoms with E-state index in [0.29, 0.717) is 6.54 Å². The second-order valence-corrected chi connectivity index (χ2v) is 7.60. The number of rotatable bonds is 5. The van der Waals surface area contributed by atoms with Crippen LogP contribution in [0.5, 0.6) is 0 Å². The molecule has 0 N–H and O–H groups in total. The average molecular weight is 386 g/mol. The maximum absolute atomic E-state index is 12.4. The lowest BCUT2D eigenvalue weighted by Gasteiger charge is -2.36. The molecule has 0 fully saturated rings. The molecular formula is C26H27NO2. The van der Waals surface area contributed by atoms with E-state index in [1.807, 2.05) is 11.0 Å². The van der Waals surface area contributed by atoms with Crippen LogP contribution in [0.2, 0.25) is 0 Å². The van der Waals surface area contributed by atoms with Gasteiger partial charge in [0.2, 0.25) is 0 Å². The van der Waals surface area contributed by atoms with Crippen molar-refractivity contribution < 1.29 is 9.53 Å². The molecule has 148 valence electrons. The summed E-state index contributed by atoms with van der Waals surface area (Å²) < 4.78 is 5.06. The molecule has 0 radical (unpaired) electrons. The van der Waals surface area contributed by atoms with Crippen molar-refractivity contribution in [2.75, 3.05) is 13.7 Å². The summed E-state index contributed by atoms with van der Waals surface area (Å²) in [7, 11) is 1.45. The predicted octanol–water partition coefficient (Wildman–Crippen LogP) is 5.58. The van der Waals surface area contributed by atoms with Crippen LogP contribution < -0.4 is 0 Å². The Morgan fingerprint density at radius 1 is 0.897 bits per heavy atom. The van der Waals surface area contributed by atoms with Crippen LogP contribution in [0, 0.1) is 0 Å². The van der Waals surface area contributed by atoms with E-state index in [2.05, 4.69) is 72.8 Å². The number of nitrogens with zero attached hydrogens (tertiary/aromatic N) is 1. The third-order valence-corrected chi connectivity index (χ3v) is 5.76. The van der Waals surface area contributed by atoms with Crippen molar-refractivity contribution in [3.8, 4) is 0 Å². The number of aryl methyl sites for hydroxylation is 2. The summed E-state index contributed by atoms with van der Waals surface area (Å²) in [6.45, 7) is 0.674. The zero-order valence-corrected chi connectivity index (χ0v) is 16.9. The van der Waals surface area contributed by atoms with E-state index in [4.69, 9.17) is 4.74 Å². The van der Waals surface area contributed by atoms with E-state index in [1.54, 1.807) is 0 Å². The highest BCUT2D eigenvalue weighted by molar-refractivity contribution is 5.70. The van der Waals surface area contributed by atoms with Gasteiger partial charge in [0.25, 0.3) is 0 Å². The van der Waals surface area contributed by atoms with Crippen LogP contribution in [-0.4, -0.2) is 24.6 Å². The van der Waals surface area contributed by atoms with E-state index in [0.717, 1.165) is 31.2 Å². The molecule has 1 unspecified atom stereocenters. The van der Waals surface area contributed by atoms with Gasteiger partial charge in [-0.05, 0) is 53.5 Å². The molecule has 1 aliphatic rings. The molecule has 1 atom stereocenters. The van der Waals surface area contributed by atoms with Crippen molar-refractivity contribution in [3.63, 3.8) is 0 Å². The summed E-state index contributed by atoms with van der Waals surface area (Å²) in [5, 5.41) is 0. The van der Waals surface area contributed by atoms with Crippen molar-refractivity contribution in [1.29, 1.82) is 0 Å². The molecule has 0 saturated heterocycles. The van der Waals surface area contributed by atoms with Gasteiger partial charge in [0, 0.05) is 6.54 Å². The molecule has 0 spiro atoms. The van der Waals surface area contributed by atoms with Crippen molar-refractivity contribution in [3.05, 3.63) is 107 Å².